The number of hydrogen-bond donors (Lipinski definition) is 2. The van der Waals surface area contributed by atoms with Crippen molar-refractivity contribution in [3.05, 3.63) is 0 Å². The predicted octanol–water partition coefficient (Wildman–Crippen LogP) is 2.78. The predicted molar refractivity (Wildman–Crippen MR) is 63.0 cm³/mol. The molecule has 108 valence electrons. The molecule has 1 rings (SSSR count). The van der Waals surface area contributed by atoms with E-state index in [1.165, 1.54) is 0 Å². The Morgan fingerprint density at radius 2 is 1.67 bits per heavy atom. The van der Waals surface area contributed by atoms with Gasteiger partial charge in [0.05, 0.1) is 6.54 Å². The smallest absolute Gasteiger partial charge is 0.319 e. The van der Waals surface area contributed by atoms with E-state index in [2.05, 4.69) is 5.32 Å². The third kappa shape index (κ3) is 4.39. The number of halogens is 4. The molecule has 1 fully saturated rings. The number of alkyl halides is 4. The van der Waals surface area contributed by atoms with Crippen LogP contribution in [-0.2, 0) is 0 Å². The van der Waals surface area contributed by atoms with Crippen LogP contribution in [0, 0.1) is 5.41 Å². The fourth-order valence-corrected chi connectivity index (χ4v) is 2.50. The van der Waals surface area contributed by atoms with E-state index in [0.29, 0.717) is 13.1 Å². The van der Waals surface area contributed by atoms with Gasteiger partial charge in [0.2, 0.25) is 0 Å². The zero-order valence-electron chi connectivity index (χ0n) is 10.5. The molecule has 1 aliphatic rings. The summed E-state index contributed by atoms with van der Waals surface area (Å²) in [5.41, 5.74) is 5.54. The topological polar surface area (TPSA) is 38.0 Å². The van der Waals surface area contributed by atoms with Crippen molar-refractivity contribution in [2.45, 2.75) is 50.9 Å². The summed E-state index contributed by atoms with van der Waals surface area (Å²) in [6.07, 6.45) is 2.49. The molecule has 2 nitrogen and oxygen atoms in total. The van der Waals surface area contributed by atoms with Gasteiger partial charge in [0, 0.05) is 6.54 Å². The standard InChI is InChI=1S/C12H22F4N2/c13-10(14)12(15,16)9-18-8-11(7-17)5-3-1-2-4-6-11/h10,18H,1-9,17H2. The minimum atomic E-state index is -3.96. The summed E-state index contributed by atoms with van der Waals surface area (Å²) in [7, 11) is 0. The van der Waals surface area contributed by atoms with Crippen LogP contribution >= 0.6 is 0 Å². The number of nitrogens with two attached hydrogens (primary N) is 1. The number of hydrogen-bond acceptors (Lipinski definition) is 2. The van der Waals surface area contributed by atoms with Gasteiger partial charge in [0.1, 0.15) is 0 Å². The van der Waals surface area contributed by atoms with E-state index in [-0.39, 0.29) is 5.41 Å². The molecular formula is C12H22F4N2. The lowest BCUT2D eigenvalue weighted by Gasteiger charge is -2.32. The first-order valence-electron chi connectivity index (χ1n) is 6.49. The van der Waals surface area contributed by atoms with Crippen molar-refractivity contribution in [1.82, 2.24) is 5.32 Å². The third-order valence-corrected chi connectivity index (χ3v) is 3.78. The molecule has 0 spiro atoms. The van der Waals surface area contributed by atoms with Crippen LogP contribution in [0.4, 0.5) is 17.6 Å². The Hall–Kier alpha value is -0.360. The van der Waals surface area contributed by atoms with E-state index in [0.717, 1.165) is 38.5 Å². The first kappa shape index (κ1) is 15.7. The molecule has 18 heavy (non-hydrogen) atoms. The molecule has 0 aromatic heterocycles. The van der Waals surface area contributed by atoms with Crippen LogP contribution in [0.2, 0.25) is 0 Å². The Balaban J connectivity index is 2.43. The van der Waals surface area contributed by atoms with Crippen LogP contribution in [0.15, 0.2) is 0 Å². The maximum atomic E-state index is 12.8. The molecule has 0 radical (unpaired) electrons. The lowest BCUT2D eigenvalue weighted by Crippen LogP contribution is -2.46. The Labute approximate surface area is 105 Å². The van der Waals surface area contributed by atoms with Crippen LogP contribution < -0.4 is 11.1 Å². The quantitative estimate of drug-likeness (QED) is 0.575. The fraction of sp³-hybridized carbons (Fsp3) is 1.00. The largest absolute Gasteiger partial charge is 0.330 e. The van der Waals surface area contributed by atoms with Gasteiger partial charge >= 0.3 is 12.3 Å². The number of nitrogens with one attached hydrogen (secondary N) is 1. The summed E-state index contributed by atoms with van der Waals surface area (Å²) in [5, 5.41) is 2.49. The van der Waals surface area contributed by atoms with E-state index in [9.17, 15) is 17.6 Å². The van der Waals surface area contributed by atoms with Crippen LogP contribution in [0.5, 0.6) is 0 Å². The van der Waals surface area contributed by atoms with Crippen LogP contribution in [0.3, 0.4) is 0 Å². The first-order chi connectivity index (χ1) is 8.42. The van der Waals surface area contributed by atoms with Crippen molar-refractivity contribution >= 4 is 0 Å². The molecule has 0 amide bonds. The van der Waals surface area contributed by atoms with Crippen LogP contribution in [-0.4, -0.2) is 32.0 Å². The van der Waals surface area contributed by atoms with Crippen molar-refractivity contribution in [3.8, 4) is 0 Å². The van der Waals surface area contributed by atoms with Crippen LogP contribution in [0.25, 0.3) is 0 Å². The molecule has 1 saturated carbocycles. The van der Waals surface area contributed by atoms with Crippen molar-refractivity contribution in [3.63, 3.8) is 0 Å². The zero-order chi connectivity index (χ0) is 13.6. The Morgan fingerprint density at radius 1 is 1.11 bits per heavy atom. The molecule has 0 unspecified atom stereocenters. The lowest BCUT2D eigenvalue weighted by atomic mass is 9.80. The van der Waals surface area contributed by atoms with Gasteiger partial charge in [-0.25, -0.2) is 8.78 Å². The fourth-order valence-electron chi connectivity index (χ4n) is 2.50. The average molecular weight is 270 g/mol. The highest BCUT2D eigenvalue weighted by atomic mass is 19.3. The van der Waals surface area contributed by atoms with E-state index in [1.54, 1.807) is 0 Å². The van der Waals surface area contributed by atoms with Gasteiger partial charge < -0.3 is 11.1 Å². The Kier molecular flexibility index (Phi) is 5.85. The molecule has 0 saturated heterocycles. The second-order valence-electron chi connectivity index (χ2n) is 5.28. The molecule has 0 heterocycles. The summed E-state index contributed by atoms with van der Waals surface area (Å²) in [6, 6.07) is 0. The normalized spacial score (nSPS) is 21.0. The van der Waals surface area contributed by atoms with E-state index in [1.807, 2.05) is 0 Å². The summed E-state index contributed by atoms with van der Waals surface area (Å²) < 4.78 is 49.5. The Morgan fingerprint density at radius 3 is 2.11 bits per heavy atom. The minimum absolute atomic E-state index is 0.200. The maximum absolute atomic E-state index is 12.8. The molecular weight excluding hydrogens is 248 g/mol. The molecule has 0 aromatic rings. The molecule has 1 aliphatic carbocycles. The van der Waals surface area contributed by atoms with Gasteiger partial charge in [-0.1, -0.05) is 25.7 Å². The van der Waals surface area contributed by atoms with Crippen LogP contribution in [0.1, 0.15) is 38.5 Å². The highest BCUT2D eigenvalue weighted by Gasteiger charge is 2.41. The average Bonchev–Trinajstić information content (AvgIpc) is 2.55. The third-order valence-electron chi connectivity index (χ3n) is 3.78. The van der Waals surface area contributed by atoms with Crippen molar-refractivity contribution in [2.75, 3.05) is 19.6 Å². The monoisotopic (exact) mass is 270 g/mol. The summed E-state index contributed by atoms with van der Waals surface area (Å²) in [6.45, 7) is -0.265. The number of rotatable bonds is 6. The van der Waals surface area contributed by atoms with Gasteiger partial charge in [-0.3, -0.25) is 0 Å². The van der Waals surface area contributed by atoms with E-state index >= 15 is 0 Å². The minimum Gasteiger partial charge on any atom is -0.330 e. The zero-order valence-corrected chi connectivity index (χ0v) is 10.5. The molecule has 0 atom stereocenters. The van der Waals surface area contributed by atoms with Gasteiger partial charge in [-0.15, -0.1) is 0 Å². The molecule has 0 bridgehead atoms. The van der Waals surface area contributed by atoms with Gasteiger partial charge in [0.15, 0.2) is 0 Å². The van der Waals surface area contributed by atoms with Crippen molar-refractivity contribution in [1.29, 1.82) is 0 Å². The van der Waals surface area contributed by atoms with Gasteiger partial charge in [-0.2, -0.15) is 8.78 Å². The Bertz CT molecular complexity index is 238. The van der Waals surface area contributed by atoms with E-state index in [4.69, 9.17) is 5.73 Å². The van der Waals surface area contributed by atoms with Gasteiger partial charge in [-0.05, 0) is 24.8 Å². The van der Waals surface area contributed by atoms with Crippen molar-refractivity contribution in [2.24, 2.45) is 11.1 Å². The highest BCUT2D eigenvalue weighted by molar-refractivity contribution is 4.86. The summed E-state index contributed by atoms with van der Waals surface area (Å²) in [4.78, 5) is 0. The highest BCUT2D eigenvalue weighted by Crippen LogP contribution is 2.33. The molecule has 3 N–H and O–H groups in total. The summed E-state index contributed by atoms with van der Waals surface area (Å²) >= 11 is 0. The van der Waals surface area contributed by atoms with E-state index < -0.39 is 18.9 Å². The molecule has 6 heteroatoms. The molecule has 0 aliphatic heterocycles. The lowest BCUT2D eigenvalue weighted by molar-refractivity contribution is -0.125. The first-order valence-corrected chi connectivity index (χ1v) is 6.49. The SMILES string of the molecule is NCC1(CNCC(F)(F)C(F)F)CCCCCC1. The molecule has 0 aromatic carbocycles. The second-order valence-corrected chi connectivity index (χ2v) is 5.28. The second kappa shape index (κ2) is 6.70. The van der Waals surface area contributed by atoms with Crippen molar-refractivity contribution < 1.29 is 17.6 Å². The maximum Gasteiger partial charge on any atom is 0.319 e. The summed E-state index contributed by atoms with van der Waals surface area (Å²) in [5.74, 6) is -3.96. The van der Waals surface area contributed by atoms with Gasteiger partial charge in [0.25, 0.3) is 0 Å².